The number of hydrogen-bond donors (Lipinski definition) is 5. The Morgan fingerprint density at radius 2 is 1.67 bits per heavy atom. The lowest BCUT2D eigenvalue weighted by Gasteiger charge is -2.22. The van der Waals surface area contributed by atoms with Crippen LogP contribution in [0.3, 0.4) is 0 Å². The lowest BCUT2D eigenvalue weighted by atomic mass is 9.92. The Balaban J connectivity index is 1.34. The van der Waals surface area contributed by atoms with Crippen LogP contribution in [0, 0.1) is 11.3 Å². The minimum Gasteiger partial charge on any atom is -0.494 e. The van der Waals surface area contributed by atoms with E-state index in [1.54, 1.807) is 0 Å². The molecule has 0 bridgehead atoms. The van der Waals surface area contributed by atoms with Crippen LogP contribution in [0.5, 0.6) is 5.75 Å². The first-order valence-corrected chi connectivity index (χ1v) is 10.4. The average Bonchev–Trinajstić information content (AvgIpc) is 2.70. The van der Waals surface area contributed by atoms with E-state index < -0.39 is 0 Å². The highest BCUT2D eigenvalue weighted by molar-refractivity contribution is 5.94. The van der Waals surface area contributed by atoms with E-state index in [1.807, 2.05) is 24.3 Å². The van der Waals surface area contributed by atoms with Crippen LogP contribution in [0.4, 0.5) is 0 Å². The zero-order chi connectivity index (χ0) is 19.2. The predicted octanol–water partition coefficient (Wildman–Crippen LogP) is 2.09. The number of unbranched alkanes of at least 4 members (excludes halogenated alkanes) is 1. The fourth-order valence-corrected chi connectivity index (χ4v) is 3.40. The summed E-state index contributed by atoms with van der Waals surface area (Å²) in [5.74, 6) is 1.87. The molecule has 0 saturated carbocycles. The van der Waals surface area contributed by atoms with Crippen molar-refractivity contribution in [2.45, 2.75) is 38.5 Å². The largest absolute Gasteiger partial charge is 0.494 e. The second-order valence-corrected chi connectivity index (χ2v) is 7.33. The van der Waals surface area contributed by atoms with Crippen LogP contribution >= 0.6 is 0 Å². The Hall–Kier alpha value is -1.63. The first kappa shape index (κ1) is 21.7. The molecule has 0 aliphatic carbocycles. The predicted molar refractivity (Wildman–Crippen MR) is 113 cm³/mol. The van der Waals surface area contributed by atoms with Gasteiger partial charge in [-0.2, -0.15) is 0 Å². The summed E-state index contributed by atoms with van der Waals surface area (Å²) in [6.07, 6.45) is 7.76. The molecule has 6 nitrogen and oxygen atoms in total. The summed E-state index contributed by atoms with van der Waals surface area (Å²) >= 11 is 0. The zero-order valence-corrected chi connectivity index (χ0v) is 16.6. The highest BCUT2D eigenvalue weighted by atomic mass is 16.5. The molecule has 1 aliphatic heterocycles. The fourth-order valence-electron chi connectivity index (χ4n) is 3.40. The molecule has 152 valence electrons. The topological polar surface area (TPSA) is 95.2 Å². The summed E-state index contributed by atoms with van der Waals surface area (Å²) in [6.45, 7) is 7.24. The van der Waals surface area contributed by atoms with Crippen LogP contribution in [0.25, 0.3) is 0 Å². The summed E-state index contributed by atoms with van der Waals surface area (Å²) in [4.78, 5) is 0. The smallest absolute Gasteiger partial charge is 0.122 e. The van der Waals surface area contributed by atoms with Gasteiger partial charge in [-0.25, -0.2) is 0 Å². The Labute approximate surface area is 164 Å². The van der Waals surface area contributed by atoms with Gasteiger partial charge in [0.25, 0.3) is 0 Å². The van der Waals surface area contributed by atoms with Crippen LogP contribution in [0.1, 0.15) is 44.1 Å². The second-order valence-electron chi connectivity index (χ2n) is 7.33. The van der Waals surface area contributed by atoms with Crippen LogP contribution < -0.4 is 26.4 Å². The maximum atomic E-state index is 7.37. The number of nitrogen functional groups attached to an aromatic ring is 1. The minimum atomic E-state index is 0.0844. The summed E-state index contributed by atoms with van der Waals surface area (Å²) < 4.78 is 5.69. The number of hydrogen-bond acceptors (Lipinski definition) is 5. The molecular formula is C21H37N5O. The van der Waals surface area contributed by atoms with Crippen molar-refractivity contribution in [1.82, 2.24) is 16.0 Å². The lowest BCUT2D eigenvalue weighted by Crippen LogP contribution is -2.29. The van der Waals surface area contributed by atoms with Crippen molar-refractivity contribution >= 4 is 5.84 Å². The van der Waals surface area contributed by atoms with Gasteiger partial charge in [0.1, 0.15) is 11.6 Å². The van der Waals surface area contributed by atoms with Gasteiger partial charge in [-0.05, 0) is 82.0 Å². The third-order valence-electron chi connectivity index (χ3n) is 5.09. The highest BCUT2D eigenvalue weighted by Gasteiger charge is 2.11. The molecule has 0 aromatic heterocycles. The molecule has 1 aromatic rings. The van der Waals surface area contributed by atoms with E-state index in [0.717, 1.165) is 49.8 Å². The van der Waals surface area contributed by atoms with E-state index >= 15 is 0 Å². The molecule has 0 spiro atoms. The molecule has 2 rings (SSSR count). The third-order valence-corrected chi connectivity index (χ3v) is 5.09. The maximum absolute atomic E-state index is 7.37. The number of rotatable bonds is 14. The number of benzene rings is 1. The monoisotopic (exact) mass is 375 g/mol. The SMILES string of the molecule is N=C(N)c1ccc(OCCCNCCNCCCCC2CCNCC2)cc1. The van der Waals surface area contributed by atoms with Gasteiger partial charge in [0.15, 0.2) is 0 Å². The molecular weight excluding hydrogens is 338 g/mol. The molecule has 0 atom stereocenters. The molecule has 0 amide bonds. The molecule has 1 heterocycles. The average molecular weight is 376 g/mol. The van der Waals surface area contributed by atoms with Crippen LogP contribution in [-0.4, -0.2) is 51.7 Å². The summed E-state index contributed by atoms with van der Waals surface area (Å²) in [7, 11) is 0. The van der Waals surface area contributed by atoms with E-state index in [-0.39, 0.29) is 5.84 Å². The Morgan fingerprint density at radius 1 is 1.00 bits per heavy atom. The molecule has 6 heteroatoms. The van der Waals surface area contributed by atoms with Gasteiger partial charge in [0.05, 0.1) is 6.61 Å². The molecule has 0 unspecified atom stereocenters. The highest BCUT2D eigenvalue weighted by Crippen LogP contribution is 2.18. The van der Waals surface area contributed by atoms with E-state index in [9.17, 15) is 0 Å². The molecule has 0 radical (unpaired) electrons. The van der Waals surface area contributed by atoms with Gasteiger partial charge < -0.3 is 26.4 Å². The maximum Gasteiger partial charge on any atom is 0.122 e. The summed E-state index contributed by atoms with van der Waals surface area (Å²) in [5, 5.41) is 17.8. The quantitative estimate of drug-likeness (QED) is 0.195. The first-order chi connectivity index (χ1) is 13.3. The second kappa shape index (κ2) is 13.5. The van der Waals surface area contributed by atoms with Gasteiger partial charge in [-0.1, -0.05) is 12.8 Å². The van der Waals surface area contributed by atoms with Crippen molar-refractivity contribution < 1.29 is 4.74 Å². The van der Waals surface area contributed by atoms with E-state index in [1.165, 1.54) is 45.2 Å². The van der Waals surface area contributed by atoms with E-state index in [2.05, 4.69) is 16.0 Å². The molecule has 1 fully saturated rings. The molecule has 27 heavy (non-hydrogen) atoms. The van der Waals surface area contributed by atoms with E-state index in [4.69, 9.17) is 15.9 Å². The van der Waals surface area contributed by atoms with Gasteiger partial charge in [0, 0.05) is 18.7 Å². The van der Waals surface area contributed by atoms with Crippen molar-refractivity contribution in [3.05, 3.63) is 29.8 Å². The Kier molecular flexibility index (Phi) is 10.9. The normalized spacial score (nSPS) is 15.0. The molecule has 1 aliphatic rings. The van der Waals surface area contributed by atoms with Crippen molar-refractivity contribution in [1.29, 1.82) is 5.41 Å². The first-order valence-electron chi connectivity index (χ1n) is 10.4. The van der Waals surface area contributed by atoms with Gasteiger partial charge >= 0.3 is 0 Å². The molecule has 1 aromatic carbocycles. The zero-order valence-electron chi connectivity index (χ0n) is 16.6. The summed E-state index contributed by atoms with van der Waals surface area (Å²) in [6, 6.07) is 7.35. The summed E-state index contributed by atoms with van der Waals surface area (Å²) in [5.41, 5.74) is 6.16. The van der Waals surface area contributed by atoms with Gasteiger partial charge in [-0.3, -0.25) is 5.41 Å². The number of amidine groups is 1. The number of nitrogens with two attached hydrogens (primary N) is 1. The van der Waals surface area contributed by atoms with Crippen molar-refractivity contribution in [2.75, 3.05) is 45.9 Å². The number of piperidine rings is 1. The molecule has 1 saturated heterocycles. The van der Waals surface area contributed by atoms with Crippen molar-refractivity contribution in [3.63, 3.8) is 0 Å². The lowest BCUT2D eigenvalue weighted by molar-refractivity contribution is 0.308. The number of nitrogens with one attached hydrogen (secondary N) is 4. The van der Waals surface area contributed by atoms with Crippen molar-refractivity contribution in [2.24, 2.45) is 11.7 Å². The fraction of sp³-hybridized carbons (Fsp3) is 0.667. The number of ether oxygens (including phenoxy) is 1. The Bertz CT molecular complexity index is 514. The van der Waals surface area contributed by atoms with Crippen LogP contribution in [-0.2, 0) is 0 Å². The van der Waals surface area contributed by atoms with Crippen molar-refractivity contribution in [3.8, 4) is 5.75 Å². The van der Waals surface area contributed by atoms with Gasteiger partial charge in [-0.15, -0.1) is 0 Å². The Morgan fingerprint density at radius 3 is 2.33 bits per heavy atom. The standard InChI is InChI=1S/C21H37N5O/c22-21(23)19-5-7-20(8-6-19)27-17-3-12-25-16-15-24-11-2-1-4-18-9-13-26-14-10-18/h5-8,18,24-26H,1-4,9-17H2,(H3,22,23). The molecule has 6 N–H and O–H groups in total. The van der Waals surface area contributed by atoms with Crippen LogP contribution in [0.15, 0.2) is 24.3 Å². The third kappa shape index (κ3) is 9.75. The van der Waals surface area contributed by atoms with E-state index in [0.29, 0.717) is 6.61 Å². The van der Waals surface area contributed by atoms with Gasteiger partial charge in [0.2, 0.25) is 0 Å². The van der Waals surface area contributed by atoms with Crippen LogP contribution in [0.2, 0.25) is 0 Å². The minimum absolute atomic E-state index is 0.0844.